The van der Waals surface area contributed by atoms with E-state index in [0.717, 1.165) is 11.1 Å². The molecule has 0 saturated heterocycles. The van der Waals surface area contributed by atoms with Crippen molar-refractivity contribution >= 4 is 27.3 Å². The highest BCUT2D eigenvalue weighted by Crippen LogP contribution is 2.21. The van der Waals surface area contributed by atoms with Crippen LogP contribution >= 0.6 is 0 Å². The van der Waals surface area contributed by atoms with E-state index in [1.54, 1.807) is 30.3 Å². The summed E-state index contributed by atoms with van der Waals surface area (Å²) in [7, 11) is -2.28. The lowest BCUT2D eigenvalue weighted by atomic mass is 10.1. The fraction of sp³-hybridized carbons (Fsp3) is 0.136. The van der Waals surface area contributed by atoms with E-state index in [0.29, 0.717) is 22.7 Å². The Balaban J connectivity index is 1.78. The van der Waals surface area contributed by atoms with Crippen LogP contribution in [0.5, 0.6) is 5.75 Å². The second-order valence-corrected chi connectivity index (χ2v) is 8.32. The van der Waals surface area contributed by atoms with E-state index >= 15 is 0 Å². The molecule has 0 heterocycles. The maximum absolute atomic E-state index is 12.6. The molecule has 0 radical (unpaired) electrons. The topological polar surface area (TPSA) is 84.5 Å². The first-order chi connectivity index (χ1) is 13.8. The average molecular weight is 410 g/mol. The first-order valence-corrected chi connectivity index (χ1v) is 10.4. The summed E-state index contributed by atoms with van der Waals surface area (Å²) in [6.07, 6.45) is 0. The summed E-state index contributed by atoms with van der Waals surface area (Å²) < 4.78 is 32.7. The summed E-state index contributed by atoms with van der Waals surface area (Å²) in [6, 6.07) is 18.2. The lowest BCUT2D eigenvalue weighted by Crippen LogP contribution is -2.15. The largest absolute Gasteiger partial charge is 0.497 e. The van der Waals surface area contributed by atoms with Gasteiger partial charge in [-0.2, -0.15) is 0 Å². The van der Waals surface area contributed by atoms with Crippen molar-refractivity contribution in [3.63, 3.8) is 0 Å². The molecule has 3 aromatic carbocycles. The first-order valence-electron chi connectivity index (χ1n) is 8.94. The van der Waals surface area contributed by atoms with Crippen LogP contribution in [0.2, 0.25) is 0 Å². The number of aryl methyl sites for hydroxylation is 2. The predicted octanol–water partition coefficient (Wildman–Crippen LogP) is 4.37. The van der Waals surface area contributed by atoms with Crippen molar-refractivity contribution < 1.29 is 17.9 Å². The summed E-state index contributed by atoms with van der Waals surface area (Å²) in [5.41, 5.74) is 3.42. The second kappa shape index (κ2) is 8.36. The Labute approximate surface area is 170 Å². The van der Waals surface area contributed by atoms with Crippen LogP contribution in [-0.2, 0) is 10.0 Å². The van der Waals surface area contributed by atoms with Gasteiger partial charge in [0.05, 0.1) is 12.0 Å². The molecule has 2 N–H and O–H groups in total. The molecular formula is C22H22N2O4S. The summed E-state index contributed by atoms with van der Waals surface area (Å²) in [6.45, 7) is 3.90. The number of amides is 1. The minimum atomic E-state index is -3.79. The smallest absolute Gasteiger partial charge is 0.261 e. The lowest BCUT2D eigenvalue weighted by Gasteiger charge is -2.12. The van der Waals surface area contributed by atoms with E-state index in [-0.39, 0.29) is 10.8 Å². The molecule has 7 heteroatoms. The Hall–Kier alpha value is -3.32. The predicted molar refractivity (Wildman–Crippen MR) is 114 cm³/mol. The number of hydrogen-bond donors (Lipinski definition) is 2. The molecule has 0 unspecified atom stereocenters. The molecular weight excluding hydrogens is 388 g/mol. The molecule has 150 valence electrons. The number of sulfonamides is 1. The van der Waals surface area contributed by atoms with Crippen LogP contribution in [0.4, 0.5) is 11.4 Å². The van der Waals surface area contributed by atoms with Gasteiger partial charge in [-0.3, -0.25) is 9.52 Å². The van der Waals surface area contributed by atoms with Crippen molar-refractivity contribution in [1.82, 2.24) is 0 Å². The number of hydrogen-bond acceptors (Lipinski definition) is 4. The number of carbonyl (C=O) groups excluding carboxylic acids is 1. The molecule has 0 fully saturated rings. The molecule has 0 aromatic heterocycles. The van der Waals surface area contributed by atoms with Gasteiger partial charge in [0.15, 0.2) is 0 Å². The summed E-state index contributed by atoms with van der Waals surface area (Å²) in [5, 5.41) is 2.86. The third-order valence-electron chi connectivity index (χ3n) is 4.38. The standard InChI is InChI=1S/C22H22N2O4S/c1-15-7-12-21(16(2)13-15)23-22(25)17-5-4-6-18(14-17)24-29(26,27)20-10-8-19(28-3)9-11-20/h4-14,24H,1-3H3,(H,23,25). The van der Waals surface area contributed by atoms with E-state index in [4.69, 9.17) is 4.74 Å². The Bertz CT molecular complexity index is 1140. The van der Waals surface area contributed by atoms with Crippen molar-refractivity contribution in [3.8, 4) is 5.75 Å². The number of benzene rings is 3. The van der Waals surface area contributed by atoms with E-state index in [9.17, 15) is 13.2 Å². The molecule has 3 aromatic rings. The van der Waals surface area contributed by atoms with Gasteiger partial charge >= 0.3 is 0 Å². The van der Waals surface area contributed by atoms with Crippen LogP contribution in [0.25, 0.3) is 0 Å². The number of ether oxygens (including phenoxy) is 1. The van der Waals surface area contributed by atoms with Crippen LogP contribution in [0.15, 0.2) is 71.6 Å². The van der Waals surface area contributed by atoms with Gasteiger partial charge in [0, 0.05) is 16.9 Å². The molecule has 0 aliphatic carbocycles. The van der Waals surface area contributed by atoms with Crippen molar-refractivity contribution in [2.24, 2.45) is 0 Å². The molecule has 6 nitrogen and oxygen atoms in total. The van der Waals surface area contributed by atoms with Crippen molar-refractivity contribution in [2.75, 3.05) is 17.1 Å². The molecule has 0 aliphatic rings. The fourth-order valence-electron chi connectivity index (χ4n) is 2.84. The van der Waals surface area contributed by atoms with Crippen molar-refractivity contribution in [2.45, 2.75) is 18.7 Å². The van der Waals surface area contributed by atoms with E-state index in [1.165, 1.54) is 25.3 Å². The fourth-order valence-corrected chi connectivity index (χ4v) is 3.89. The highest BCUT2D eigenvalue weighted by atomic mass is 32.2. The summed E-state index contributed by atoms with van der Waals surface area (Å²) in [4.78, 5) is 12.7. The van der Waals surface area contributed by atoms with Crippen LogP contribution in [0, 0.1) is 13.8 Å². The van der Waals surface area contributed by atoms with E-state index in [1.807, 2.05) is 32.0 Å². The monoisotopic (exact) mass is 410 g/mol. The Morgan fingerprint density at radius 1 is 0.931 bits per heavy atom. The van der Waals surface area contributed by atoms with Crippen molar-refractivity contribution in [3.05, 3.63) is 83.4 Å². The molecule has 0 bridgehead atoms. The van der Waals surface area contributed by atoms with Gasteiger partial charge in [-0.1, -0.05) is 23.8 Å². The molecule has 0 aliphatic heterocycles. The highest BCUT2D eigenvalue weighted by molar-refractivity contribution is 7.92. The zero-order chi connectivity index (χ0) is 21.0. The van der Waals surface area contributed by atoms with Gasteiger partial charge in [-0.05, 0) is 67.9 Å². The Morgan fingerprint density at radius 2 is 1.66 bits per heavy atom. The van der Waals surface area contributed by atoms with Gasteiger partial charge in [0.25, 0.3) is 15.9 Å². The molecule has 1 amide bonds. The molecule has 29 heavy (non-hydrogen) atoms. The van der Waals surface area contributed by atoms with E-state index in [2.05, 4.69) is 10.0 Å². The molecule has 3 rings (SSSR count). The minimum absolute atomic E-state index is 0.100. The minimum Gasteiger partial charge on any atom is -0.497 e. The molecule has 0 atom stereocenters. The van der Waals surface area contributed by atoms with Gasteiger partial charge < -0.3 is 10.1 Å². The van der Waals surface area contributed by atoms with Crippen LogP contribution in [0.1, 0.15) is 21.5 Å². The maximum atomic E-state index is 12.6. The normalized spacial score (nSPS) is 11.0. The van der Waals surface area contributed by atoms with Crippen LogP contribution < -0.4 is 14.8 Å². The van der Waals surface area contributed by atoms with Crippen LogP contribution in [-0.4, -0.2) is 21.4 Å². The molecule has 0 spiro atoms. The Morgan fingerprint density at radius 3 is 2.31 bits per heavy atom. The van der Waals surface area contributed by atoms with Gasteiger partial charge in [-0.25, -0.2) is 8.42 Å². The van der Waals surface area contributed by atoms with E-state index < -0.39 is 10.0 Å². The second-order valence-electron chi connectivity index (χ2n) is 6.63. The highest BCUT2D eigenvalue weighted by Gasteiger charge is 2.15. The van der Waals surface area contributed by atoms with Gasteiger partial charge in [0.2, 0.25) is 0 Å². The number of carbonyl (C=O) groups is 1. The van der Waals surface area contributed by atoms with Gasteiger partial charge in [0.1, 0.15) is 5.75 Å². The third-order valence-corrected chi connectivity index (χ3v) is 5.77. The zero-order valence-corrected chi connectivity index (χ0v) is 17.2. The quantitative estimate of drug-likeness (QED) is 0.632. The SMILES string of the molecule is COc1ccc(S(=O)(=O)Nc2cccc(C(=O)Nc3ccc(C)cc3C)c2)cc1. The average Bonchev–Trinajstić information content (AvgIpc) is 2.70. The number of methoxy groups -OCH3 is 1. The number of nitrogens with one attached hydrogen (secondary N) is 2. The molecule has 0 saturated carbocycles. The first kappa shape index (κ1) is 20.4. The summed E-state index contributed by atoms with van der Waals surface area (Å²) in [5.74, 6) is 0.247. The van der Waals surface area contributed by atoms with Crippen LogP contribution in [0.3, 0.4) is 0 Å². The summed E-state index contributed by atoms with van der Waals surface area (Å²) >= 11 is 0. The maximum Gasteiger partial charge on any atom is 0.261 e. The third kappa shape index (κ3) is 4.94. The Kier molecular flexibility index (Phi) is 5.89. The number of anilines is 2. The van der Waals surface area contributed by atoms with Gasteiger partial charge in [-0.15, -0.1) is 0 Å². The van der Waals surface area contributed by atoms with Crippen molar-refractivity contribution in [1.29, 1.82) is 0 Å². The lowest BCUT2D eigenvalue weighted by molar-refractivity contribution is 0.102. The number of rotatable bonds is 6. The zero-order valence-electron chi connectivity index (χ0n) is 16.4.